The second kappa shape index (κ2) is 8.84. The van der Waals surface area contributed by atoms with Crippen LogP contribution in [0.2, 0.25) is 0 Å². The van der Waals surface area contributed by atoms with Gasteiger partial charge in [-0.25, -0.2) is 8.42 Å². The largest absolute Gasteiger partial charge is 0.497 e. The average molecular weight is 445 g/mol. The van der Waals surface area contributed by atoms with Gasteiger partial charge in [-0.3, -0.25) is 4.68 Å². The summed E-state index contributed by atoms with van der Waals surface area (Å²) < 4.78 is 41.4. The molecular weight excluding hydrogens is 416 g/mol. The minimum atomic E-state index is -3.72. The van der Waals surface area contributed by atoms with Crippen LogP contribution in [0.25, 0.3) is 11.3 Å². The summed E-state index contributed by atoms with van der Waals surface area (Å²) in [4.78, 5) is 0.260. The monoisotopic (exact) mass is 444 g/mol. The predicted octanol–water partition coefficient (Wildman–Crippen LogP) is 4.18. The highest BCUT2D eigenvalue weighted by molar-refractivity contribution is 7.89. The molecule has 9 heteroatoms. The van der Waals surface area contributed by atoms with Crippen molar-refractivity contribution in [1.29, 1.82) is 0 Å². The van der Waals surface area contributed by atoms with Crippen molar-refractivity contribution in [2.45, 2.75) is 57.0 Å². The lowest BCUT2D eigenvalue weighted by molar-refractivity contribution is 0.259. The van der Waals surface area contributed by atoms with Crippen molar-refractivity contribution in [3.8, 4) is 17.0 Å². The van der Waals surface area contributed by atoms with Gasteiger partial charge in [0.1, 0.15) is 16.3 Å². The number of benzene rings is 1. The number of methoxy groups -OCH3 is 1. The zero-order valence-corrected chi connectivity index (χ0v) is 18.9. The lowest BCUT2D eigenvalue weighted by Gasteiger charge is -2.27. The zero-order chi connectivity index (χ0) is 22.0. The van der Waals surface area contributed by atoms with Crippen LogP contribution in [0, 0.1) is 6.92 Å². The van der Waals surface area contributed by atoms with E-state index in [2.05, 4.69) is 10.3 Å². The third-order valence-electron chi connectivity index (χ3n) is 5.89. The van der Waals surface area contributed by atoms with Gasteiger partial charge in [0.2, 0.25) is 10.0 Å². The summed E-state index contributed by atoms with van der Waals surface area (Å²) in [7, 11) is -2.10. The number of rotatable bonds is 6. The minimum Gasteiger partial charge on any atom is -0.497 e. The Kier molecular flexibility index (Phi) is 6.15. The van der Waals surface area contributed by atoms with E-state index in [4.69, 9.17) is 9.26 Å². The van der Waals surface area contributed by atoms with Gasteiger partial charge in [0.05, 0.1) is 25.0 Å². The van der Waals surface area contributed by atoms with Crippen molar-refractivity contribution >= 4 is 10.0 Å². The van der Waals surface area contributed by atoms with Crippen LogP contribution in [0.3, 0.4) is 0 Å². The van der Waals surface area contributed by atoms with Crippen LogP contribution in [-0.2, 0) is 16.6 Å². The standard InChI is InChI=1S/C22H28N4O4S/c1-4-25-16(2)22(15-23-25)31(27,28)26-13-7-5-6-8-20(26)21-14-19(24-30-21)17-9-11-18(29-3)12-10-17/h9-12,14-15,20H,4-8,13H2,1-3H3/t20-/m0/s1. The van der Waals surface area contributed by atoms with Gasteiger partial charge in [0.15, 0.2) is 5.76 Å². The first-order valence-electron chi connectivity index (χ1n) is 10.6. The molecule has 0 radical (unpaired) electrons. The molecule has 3 aromatic rings. The quantitative estimate of drug-likeness (QED) is 0.566. The van der Waals surface area contributed by atoms with Crippen molar-refractivity contribution < 1.29 is 17.7 Å². The van der Waals surface area contributed by atoms with Gasteiger partial charge in [-0.15, -0.1) is 0 Å². The molecule has 0 saturated carbocycles. The van der Waals surface area contributed by atoms with Gasteiger partial charge in [-0.05, 0) is 51.0 Å². The van der Waals surface area contributed by atoms with E-state index in [1.165, 1.54) is 6.20 Å². The summed E-state index contributed by atoms with van der Waals surface area (Å²) in [6.45, 7) is 4.81. The second-order valence-corrected chi connectivity index (χ2v) is 9.59. The Labute approximate surface area is 182 Å². The molecule has 0 bridgehead atoms. The van der Waals surface area contributed by atoms with E-state index in [-0.39, 0.29) is 4.90 Å². The molecule has 0 amide bonds. The number of sulfonamides is 1. The molecule has 1 saturated heterocycles. The summed E-state index contributed by atoms with van der Waals surface area (Å²) in [6, 6.07) is 8.99. The zero-order valence-electron chi connectivity index (χ0n) is 18.1. The van der Waals surface area contributed by atoms with E-state index < -0.39 is 16.1 Å². The summed E-state index contributed by atoms with van der Waals surface area (Å²) >= 11 is 0. The number of hydrogen-bond donors (Lipinski definition) is 0. The Bertz CT molecular complexity index is 1130. The predicted molar refractivity (Wildman–Crippen MR) is 116 cm³/mol. The number of nitrogens with zero attached hydrogens (tertiary/aromatic N) is 4. The first kappa shape index (κ1) is 21.6. The summed E-state index contributed by atoms with van der Waals surface area (Å²) in [6.07, 6.45) is 4.88. The molecule has 1 atom stereocenters. The molecule has 0 N–H and O–H groups in total. The van der Waals surface area contributed by atoms with E-state index >= 15 is 0 Å². The summed E-state index contributed by atoms with van der Waals surface area (Å²) in [5.41, 5.74) is 2.22. The van der Waals surface area contributed by atoms with E-state index in [1.54, 1.807) is 23.0 Å². The molecular formula is C22H28N4O4S. The van der Waals surface area contributed by atoms with E-state index in [9.17, 15) is 8.42 Å². The molecule has 8 nitrogen and oxygen atoms in total. The van der Waals surface area contributed by atoms with Crippen LogP contribution < -0.4 is 4.74 Å². The van der Waals surface area contributed by atoms with Crippen LogP contribution >= 0.6 is 0 Å². The molecule has 1 aromatic carbocycles. The number of aromatic nitrogens is 3. The van der Waals surface area contributed by atoms with Gasteiger partial charge in [-0.2, -0.15) is 9.40 Å². The molecule has 1 fully saturated rings. The van der Waals surface area contributed by atoms with E-state index in [0.29, 0.717) is 36.7 Å². The summed E-state index contributed by atoms with van der Waals surface area (Å²) in [5.74, 6) is 1.33. The number of hydrogen-bond acceptors (Lipinski definition) is 6. The molecule has 0 aliphatic carbocycles. The smallest absolute Gasteiger partial charge is 0.247 e. The molecule has 2 aromatic heterocycles. The van der Waals surface area contributed by atoms with Gasteiger partial charge in [0.25, 0.3) is 0 Å². The van der Waals surface area contributed by atoms with Gasteiger partial charge < -0.3 is 9.26 Å². The third kappa shape index (κ3) is 4.12. The normalized spacial score (nSPS) is 18.1. The molecule has 166 valence electrons. The lowest BCUT2D eigenvalue weighted by Crippen LogP contribution is -2.35. The Morgan fingerprint density at radius 1 is 1.19 bits per heavy atom. The molecule has 0 spiro atoms. The maximum absolute atomic E-state index is 13.6. The van der Waals surface area contributed by atoms with Crippen LogP contribution in [0.1, 0.15) is 50.1 Å². The number of ether oxygens (including phenoxy) is 1. The molecule has 3 heterocycles. The van der Waals surface area contributed by atoms with Crippen molar-refractivity contribution in [3.63, 3.8) is 0 Å². The maximum Gasteiger partial charge on any atom is 0.247 e. The fraction of sp³-hybridized carbons (Fsp3) is 0.455. The Morgan fingerprint density at radius 3 is 2.65 bits per heavy atom. The van der Waals surface area contributed by atoms with Gasteiger partial charge >= 0.3 is 0 Å². The van der Waals surface area contributed by atoms with Gasteiger partial charge in [-0.1, -0.05) is 18.0 Å². The Balaban J connectivity index is 1.68. The summed E-state index contributed by atoms with van der Waals surface area (Å²) in [5, 5.41) is 8.46. The molecule has 0 unspecified atom stereocenters. The van der Waals surface area contributed by atoms with Crippen LogP contribution in [-0.4, -0.2) is 41.3 Å². The van der Waals surface area contributed by atoms with Crippen molar-refractivity contribution in [1.82, 2.24) is 19.2 Å². The first-order valence-corrected chi connectivity index (χ1v) is 12.0. The second-order valence-electron chi connectivity index (χ2n) is 7.73. The van der Waals surface area contributed by atoms with Crippen LogP contribution in [0.15, 0.2) is 45.9 Å². The molecule has 4 rings (SSSR count). The highest BCUT2D eigenvalue weighted by Crippen LogP contribution is 2.37. The third-order valence-corrected chi connectivity index (χ3v) is 7.90. The molecule has 31 heavy (non-hydrogen) atoms. The van der Waals surface area contributed by atoms with Crippen molar-refractivity contribution in [2.24, 2.45) is 0 Å². The molecule has 1 aliphatic heterocycles. The number of aryl methyl sites for hydroxylation is 1. The minimum absolute atomic E-state index is 0.260. The van der Waals surface area contributed by atoms with Crippen molar-refractivity contribution in [3.05, 3.63) is 48.0 Å². The highest BCUT2D eigenvalue weighted by Gasteiger charge is 2.37. The highest BCUT2D eigenvalue weighted by atomic mass is 32.2. The Morgan fingerprint density at radius 2 is 1.97 bits per heavy atom. The topological polar surface area (TPSA) is 90.5 Å². The van der Waals surface area contributed by atoms with Crippen LogP contribution in [0.4, 0.5) is 0 Å². The lowest BCUT2D eigenvalue weighted by atomic mass is 10.1. The Hall–Kier alpha value is -2.65. The fourth-order valence-corrected chi connectivity index (χ4v) is 5.95. The van der Waals surface area contributed by atoms with Crippen molar-refractivity contribution in [2.75, 3.05) is 13.7 Å². The average Bonchev–Trinajstić information content (AvgIpc) is 3.33. The van der Waals surface area contributed by atoms with E-state index in [0.717, 1.165) is 30.6 Å². The first-order chi connectivity index (χ1) is 15.0. The van der Waals surface area contributed by atoms with E-state index in [1.807, 2.05) is 37.3 Å². The maximum atomic E-state index is 13.6. The van der Waals surface area contributed by atoms with Crippen LogP contribution in [0.5, 0.6) is 5.75 Å². The molecule has 1 aliphatic rings. The van der Waals surface area contributed by atoms with Gasteiger partial charge in [0, 0.05) is 24.7 Å². The fourth-order valence-electron chi connectivity index (χ4n) is 4.13. The SMILES string of the molecule is CCn1ncc(S(=O)(=O)N2CCCCC[C@H]2c2cc(-c3ccc(OC)cc3)no2)c1C.